The summed E-state index contributed by atoms with van der Waals surface area (Å²) in [4.78, 5) is 16.2. The summed E-state index contributed by atoms with van der Waals surface area (Å²) in [6.45, 7) is 0.485. The maximum Gasteiger partial charge on any atom is 0.220 e. The van der Waals surface area contributed by atoms with E-state index in [1.54, 1.807) is 11.3 Å². The van der Waals surface area contributed by atoms with Crippen molar-refractivity contribution in [1.82, 2.24) is 10.3 Å². The molecule has 0 radical (unpaired) electrons. The zero-order chi connectivity index (χ0) is 12.8. The number of thiazole rings is 1. The second kappa shape index (κ2) is 6.85. The Balaban J connectivity index is 1.70. The highest BCUT2D eigenvalue weighted by Gasteiger charge is 2.15. The van der Waals surface area contributed by atoms with E-state index in [0.29, 0.717) is 19.0 Å². The fourth-order valence-corrected chi connectivity index (χ4v) is 3.05. The van der Waals surface area contributed by atoms with Gasteiger partial charge in [0.05, 0.1) is 5.69 Å². The molecule has 1 saturated carbocycles. The first-order valence-electron chi connectivity index (χ1n) is 6.70. The molecule has 3 N–H and O–H groups in total. The Morgan fingerprint density at radius 1 is 1.44 bits per heavy atom. The van der Waals surface area contributed by atoms with Gasteiger partial charge in [0.15, 0.2) is 0 Å². The lowest BCUT2D eigenvalue weighted by atomic mass is 9.95. The van der Waals surface area contributed by atoms with Crippen LogP contribution in [-0.2, 0) is 17.8 Å². The van der Waals surface area contributed by atoms with Gasteiger partial charge in [-0.1, -0.05) is 19.3 Å². The largest absolute Gasteiger partial charge is 0.353 e. The molecule has 0 unspecified atom stereocenters. The van der Waals surface area contributed by atoms with Gasteiger partial charge in [-0.25, -0.2) is 4.98 Å². The molecule has 2 rings (SSSR count). The van der Waals surface area contributed by atoms with Gasteiger partial charge < -0.3 is 11.1 Å². The van der Waals surface area contributed by atoms with Crippen LogP contribution in [0.4, 0.5) is 0 Å². The van der Waals surface area contributed by atoms with Crippen LogP contribution in [0.3, 0.4) is 0 Å². The van der Waals surface area contributed by atoms with Crippen LogP contribution in [0.15, 0.2) is 5.38 Å². The molecule has 4 nitrogen and oxygen atoms in total. The first-order valence-corrected chi connectivity index (χ1v) is 7.58. The van der Waals surface area contributed by atoms with Crippen LogP contribution in [0.1, 0.15) is 49.2 Å². The number of hydrogen-bond acceptors (Lipinski definition) is 4. The van der Waals surface area contributed by atoms with Gasteiger partial charge in [-0.2, -0.15) is 0 Å². The summed E-state index contributed by atoms with van der Waals surface area (Å²) < 4.78 is 0. The Morgan fingerprint density at radius 2 is 2.22 bits per heavy atom. The molecule has 1 aliphatic rings. The Bertz CT molecular complexity index is 385. The maximum absolute atomic E-state index is 11.8. The fourth-order valence-electron chi connectivity index (χ4n) is 2.35. The lowest BCUT2D eigenvalue weighted by Crippen LogP contribution is -2.36. The zero-order valence-corrected chi connectivity index (χ0v) is 11.5. The summed E-state index contributed by atoms with van der Waals surface area (Å²) in [6.07, 6.45) is 7.33. The molecule has 0 aliphatic heterocycles. The van der Waals surface area contributed by atoms with Crippen molar-refractivity contribution < 1.29 is 4.79 Å². The smallest absolute Gasteiger partial charge is 0.220 e. The molecule has 1 aromatic heterocycles. The number of hydrogen-bond donors (Lipinski definition) is 2. The van der Waals surface area contributed by atoms with Gasteiger partial charge in [-0.15, -0.1) is 11.3 Å². The fraction of sp³-hybridized carbons (Fsp3) is 0.692. The summed E-state index contributed by atoms with van der Waals surface area (Å²) >= 11 is 1.57. The summed E-state index contributed by atoms with van der Waals surface area (Å²) in [5.74, 6) is 0.157. The average molecular weight is 267 g/mol. The van der Waals surface area contributed by atoms with E-state index in [0.717, 1.165) is 30.0 Å². The number of rotatable bonds is 5. The Hall–Kier alpha value is -0.940. The molecular weight excluding hydrogens is 246 g/mol. The minimum Gasteiger partial charge on any atom is -0.353 e. The van der Waals surface area contributed by atoms with Gasteiger partial charge in [0.25, 0.3) is 0 Å². The molecule has 18 heavy (non-hydrogen) atoms. The third-order valence-electron chi connectivity index (χ3n) is 3.35. The van der Waals surface area contributed by atoms with Gasteiger partial charge in [-0.3, -0.25) is 4.79 Å². The molecule has 5 heteroatoms. The number of nitrogens with one attached hydrogen (secondary N) is 1. The van der Waals surface area contributed by atoms with E-state index in [2.05, 4.69) is 10.3 Å². The molecule has 0 saturated heterocycles. The van der Waals surface area contributed by atoms with E-state index >= 15 is 0 Å². The molecular formula is C13H21N3OS. The Morgan fingerprint density at radius 3 is 2.89 bits per heavy atom. The van der Waals surface area contributed by atoms with E-state index in [1.807, 2.05) is 5.38 Å². The number of carbonyl (C=O) groups is 1. The van der Waals surface area contributed by atoms with Gasteiger partial charge in [-0.05, 0) is 19.3 Å². The van der Waals surface area contributed by atoms with Crippen molar-refractivity contribution in [2.24, 2.45) is 5.73 Å². The first kappa shape index (κ1) is 13.5. The second-order valence-corrected chi connectivity index (χ2v) is 5.78. The molecule has 1 heterocycles. The maximum atomic E-state index is 11.8. The van der Waals surface area contributed by atoms with Crippen molar-refractivity contribution in [2.45, 2.75) is 57.5 Å². The van der Waals surface area contributed by atoms with Crippen molar-refractivity contribution in [3.05, 3.63) is 16.1 Å². The highest BCUT2D eigenvalue weighted by Crippen LogP contribution is 2.17. The third-order valence-corrected chi connectivity index (χ3v) is 4.27. The van der Waals surface area contributed by atoms with E-state index in [9.17, 15) is 4.79 Å². The predicted octanol–water partition coefficient (Wildman–Crippen LogP) is 1.98. The predicted molar refractivity (Wildman–Crippen MR) is 73.3 cm³/mol. The van der Waals surface area contributed by atoms with Crippen LogP contribution in [-0.4, -0.2) is 16.9 Å². The topological polar surface area (TPSA) is 68.0 Å². The van der Waals surface area contributed by atoms with Crippen molar-refractivity contribution in [2.75, 3.05) is 0 Å². The van der Waals surface area contributed by atoms with Crippen molar-refractivity contribution in [1.29, 1.82) is 0 Å². The van der Waals surface area contributed by atoms with Crippen molar-refractivity contribution in [3.8, 4) is 0 Å². The van der Waals surface area contributed by atoms with Gasteiger partial charge in [0.2, 0.25) is 5.91 Å². The monoisotopic (exact) mass is 267 g/mol. The van der Waals surface area contributed by atoms with E-state index in [1.165, 1.54) is 19.3 Å². The molecule has 0 bridgehead atoms. The highest BCUT2D eigenvalue weighted by atomic mass is 32.1. The van der Waals surface area contributed by atoms with Crippen molar-refractivity contribution >= 4 is 17.2 Å². The van der Waals surface area contributed by atoms with E-state index in [4.69, 9.17) is 5.73 Å². The van der Waals surface area contributed by atoms with Gasteiger partial charge in [0.1, 0.15) is 5.01 Å². The molecule has 0 spiro atoms. The molecule has 1 aromatic rings. The zero-order valence-electron chi connectivity index (χ0n) is 10.7. The van der Waals surface area contributed by atoms with E-state index in [-0.39, 0.29) is 5.91 Å². The number of nitrogens with zero attached hydrogens (tertiary/aromatic N) is 1. The normalized spacial score (nSPS) is 16.7. The molecule has 100 valence electrons. The van der Waals surface area contributed by atoms with Crippen molar-refractivity contribution in [3.63, 3.8) is 0 Å². The van der Waals surface area contributed by atoms with Gasteiger partial charge in [0, 0.05) is 24.4 Å². The summed E-state index contributed by atoms with van der Waals surface area (Å²) in [7, 11) is 0. The number of carbonyl (C=O) groups excluding carboxylic acids is 1. The van der Waals surface area contributed by atoms with Crippen LogP contribution in [0.2, 0.25) is 0 Å². The second-order valence-electron chi connectivity index (χ2n) is 4.84. The average Bonchev–Trinajstić information content (AvgIpc) is 2.85. The molecule has 1 fully saturated rings. The minimum atomic E-state index is 0.157. The number of aryl methyl sites for hydroxylation is 1. The minimum absolute atomic E-state index is 0.157. The Labute approximate surface area is 112 Å². The lowest BCUT2D eigenvalue weighted by Gasteiger charge is -2.22. The summed E-state index contributed by atoms with van der Waals surface area (Å²) in [5, 5.41) is 6.06. The molecule has 0 atom stereocenters. The SMILES string of the molecule is NCc1nc(CCC(=O)NC2CCCCC2)cs1. The van der Waals surface area contributed by atoms with Crippen LogP contribution in [0.25, 0.3) is 0 Å². The van der Waals surface area contributed by atoms with Gasteiger partial charge >= 0.3 is 0 Å². The third kappa shape index (κ3) is 4.07. The standard InChI is InChI=1S/C13H21N3OS/c14-8-13-16-11(9-18-13)6-7-12(17)15-10-4-2-1-3-5-10/h9-10H,1-8,14H2,(H,15,17). The first-order chi connectivity index (χ1) is 8.78. The summed E-state index contributed by atoms with van der Waals surface area (Å²) in [5.41, 5.74) is 6.50. The van der Waals surface area contributed by atoms with Crippen LogP contribution in [0.5, 0.6) is 0 Å². The van der Waals surface area contributed by atoms with E-state index < -0.39 is 0 Å². The molecule has 1 amide bonds. The quantitative estimate of drug-likeness (QED) is 0.857. The van der Waals surface area contributed by atoms with Crippen LogP contribution < -0.4 is 11.1 Å². The molecule has 0 aromatic carbocycles. The van der Waals surface area contributed by atoms with Crippen LogP contribution in [0, 0.1) is 0 Å². The number of aromatic nitrogens is 1. The van der Waals surface area contributed by atoms with Crippen LogP contribution >= 0.6 is 11.3 Å². The molecule has 1 aliphatic carbocycles. The number of nitrogens with two attached hydrogens (primary N) is 1. The number of amides is 1. The Kier molecular flexibility index (Phi) is 5.13. The highest BCUT2D eigenvalue weighted by molar-refractivity contribution is 7.09. The lowest BCUT2D eigenvalue weighted by molar-refractivity contribution is -0.122. The summed E-state index contributed by atoms with van der Waals surface area (Å²) in [6, 6.07) is 0.404.